The second-order valence-corrected chi connectivity index (χ2v) is 5.33. The van der Waals surface area contributed by atoms with Gasteiger partial charge >= 0.3 is 0 Å². The number of benzene rings is 2. The molecule has 26 heavy (non-hydrogen) atoms. The molecule has 0 aliphatic heterocycles. The van der Waals surface area contributed by atoms with E-state index in [1.807, 2.05) is 12.1 Å². The van der Waals surface area contributed by atoms with Gasteiger partial charge in [-0.25, -0.2) is 0 Å². The number of rotatable bonds is 10. The fourth-order valence-electron chi connectivity index (χ4n) is 2.23. The molecule has 0 aromatic heterocycles. The normalized spacial score (nSPS) is 10.0. The third-order valence-corrected chi connectivity index (χ3v) is 3.50. The Balaban J connectivity index is 1.66. The van der Waals surface area contributed by atoms with Gasteiger partial charge in [-0.2, -0.15) is 0 Å². The Morgan fingerprint density at radius 3 is 2.65 bits per heavy atom. The minimum atomic E-state index is -0.460. The third kappa shape index (κ3) is 5.97. The molecular formula is C18H21N3O5. The number of carbonyl (C=O) groups excluding carboxylic acids is 1. The summed E-state index contributed by atoms with van der Waals surface area (Å²) in [7, 11) is 1.58. The summed E-state index contributed by atoms with van der Waals surface area (Å²) in [6, 6.07) is 13.5. The van der Waals surface area contributed by atoms with Crippen molar-refractivity contribution in [2.45, 2.75) is 6.42 Å². The molecule has 138 valence electrons. The number of nitro benzene ring substituents is 1. The highest BCUT2D eigenvalue weighted by Gasteiger charge is 2.11. The van der Waals surface area contributed by atoms with Crippen molar-refractivity contribution in [3.8, 4) is 11.5 Å². The molecule has 2 aromatic rings. The van der Waals surface area contributed by atoms with Gasteiger partial charge in [0.2, 0.25) is 5.91 Å². The minimum Gasteiger partial charge on any atom is -0.497 e. The number of hydrogen-bond donors (Lipinski definition) is 2. The lowest BCUT2D eigenvalue weighted by atomic mass is 10.2. The molecule has 0 spiro atoms. The Morgan fingerprint density at radius 1 is 1.12 bits per heavy atom. The summed E-state index contributed by atoms with van der Waals surface area (Å²) in [5.41, 5.74) is 0.381. The molecule has 0 aliphatic carbocycles. The van der Waals surface area contributed by atoms with Crippen molar-refractivity contribution in [2.75, 3.05) is 32.1 Å². The number of ether oxygens (including phenoxy) is 2. The van der Waals surface area contributed by atoms with Gasteiger partial charge in [-0.15, -0.1) is 0 Å². The maximum Gasteiger partial charge on any atom is 0.292 e. The van der Waals surface area contributed by atoms with Crippen LogP contribution < -0.4 is 20.1 Å². The fourth-order valence-corrected chi connectivity index (χ4v) is 2.23. The monoisotopic (exact) mass is 359 g/mol. The van der Waals surface area contributed by atoms with E-state index in [0.717, 1.165) is 0 Å². The number of nitro groups is 1. The number of amides is 1. The van der Waals surface area contributed by atoms with Crippen molar-refractivity contribution in [1.82, 2.24) is 5.32 Å². The number of methoxy groups -OCH3 is 1. The Morgan fingerprint density at radius 2 is 1.88 bits per heavy atom. The van der Waals surface area contributed by atoms with Crippen LogP contribution in [0.2, 0.25) is 0 Å². The second kappa shape index (κ2) is 9.87. The maximum atomic E-state index is 11.8. The molecule has 2 rings (SSSR count). The van der Waals surface area contributed by atoms with Crippen LogP contribution in [0.1, 0.15) is 6.42 Å². The van der Waals surface area contributed by atoms with Gasteiger partial charge in [0, 0.05) is 25.1 Å². The average Bonchev–Trinajstić information content (AvgIpc) is 2.65. The van der Waals surface area contributed by atoms with E-state index in [-0.39, 0.29) is 18.0 Å². The topological polar surface area (TPSA) is 103 Å². The first kappa shape index (κ1) is 19.0. The average molecular weight is 359 g/mol. The van der Waals surface area contributed by atoms with Gasteiger partial charge in [0.25, 0.3) is 5.69 Å². The van der Waals surface area contributed by atoms with Crippen LogP contribution in [-0.2, 0) is 4.79 Å². The van der Waals surface area contributed by atoms with Crippen molar-refractivity contribution in [1.29, 1.82) is 0 Å². The molecule has 0 radical (unpaired) electrons. The van der Waals surface area contributed by atoms with E-state index >= 15 is 0 Å². The third-order valence-electron chi connectivity index (χ3n) is 3.50. The van der Waals surface area contributed by atoms with Crippen molar-refractivity contribution in [3.05, 3.63) is 58.6 Å². The standard InChI is InChI=1S/C18H21N3O5/c1-25-14-5-4-6-15(13-14)26-12-11-20-18(22)9-10-19-16-7-2-3-8-17(16)21(23)24/h2-8,13,19H,9-12H2,1H3,(H,20,22). The molecule has 0 saturated heterocycles. The van der Waals surface area contributed by atoms with Crippen LogP contribution in [0.5, 0.6) is 11.5 Å². The molecule has 0 heterocycles. The number of para-hydroxylation sites is 2. The van der Waals surface area contributed by atoms with Gasteiger partial charge in [-0.3, -0.25) is 14.9 Å². The van der Waals surface area contributed by atoms with Crippen LogP contribution in [0.15, 0.2) is 48.5 Å². The largest absolute Gasteiger partial charge is 0.497 e. The van der Waals surface area contributed by atoms with E-state index < -0.39 is 4.92 Å². The highest BCUT2D eigenvalue weighted by molar-refractivity contribution is 5.76. The van der Waals surface area contributed by atoms with Crippen LogP contribution in [0.3, 0.4) is 0 Å². The zero-order chi connectivity index (χ0) is 18.8. The van der Waals surface area contributed by atoms with Gasteiger partial charge in [-0.1, -0.05) is 18.2 Å². The van der Waals surface area contributed by atoms with Crippen molar-refractivity contribution in [3.63, 3.8) is 0 Å². The Hall–Kier alpha value is -3.29. The predicted molar refractivity (Wildman–Crippen MR) is 97.7 cm³/mol. The van der Waals surface area contributed by atoms with Crippen molar-refractivity contribution in [2.24, 2.45) is 0 Å². The van der Waals surface area contributed by atoms with E-state index in [9.17, 15) is 14.9 Å². The van der Waals surface area contributed by atoms with Crippen LogP contribution in [0.25, 0.3) is 0 Å². The lowest BCUT2D eigenvalue weighted by Crippen LogP contribution is -2.29. The smallest absolute Gasteiger partial charge is 0.292 e. The summed E-state index contributed by atoms with van der Waals surface area (Å²) < 4.78 is 10.6. The van der Waals surface area contributed by atoms with Gasteiger partial charge in [-0.05, 0) is 18.2 Å². The van der Waals surface area contributed by atoms with Crippen LogP contribution in [0, 0.1) is 10.1 Å². The van der Waals surface area contributed by atoms with E-state index in [4.69, 9.17) is 9.47 Å². The van der Waals surface area contributed by atoms with Gasteiger partial charge in [0.1, 0.15) is 23.8 Å². The Kier molecular flexibility index (Phi) is 7.23. The summed E-state index contributed by atoms with van der Waals surface area (Å²) in [5.74, 6) is 1.20. The Labute approximate surface area is 151 Å². The van der Waals surface area contributed by atoms with Gasteiger partial charge in [0.05, 0.1) is 18.6 Å². The number of hydrogen-bond acceptors (Lipinski definition) is 6. The van der Waals surface area contributed by atoms with E-state index in [1.165, 1.54) is 6.07 Å². The number of nitrogens with zero attached hydrogens (tertiary/aromatic N) is 1. The van der Waals surface area contributed by atoms with Gasteiger partial charge in [0.15, 0.2) is 0 Å². The first-order chi connectivity index (χ1) is 12.6. The molecule has 0 fully saturated rings. The fraction of sp³-hybridized carbons (Fsp3) is 0.278. The molecular weight excluding hydrogens is 338 g/mol. The second-order valence-electron chi connectivity index (χ2n) is 5.33. The minimum absolute atomic E-state index is 0.0143. The first-order valence-corrected chi connectivity index (χ1v) is 8.11. The lowest BCUT2D eigenvalue weighted by molar-refractivity contribution is -0.384. The van der Waals surface area contributed by atoms with Crippen LogP contribution >= 0.6 is 0 Å². The molecule has 0 bridgehead atoms. The lowest BCUT2D eigenvalue weighted by Gasteiger charge is -2.09. The molecule has 1 amide bonds. The molecule has 8 heteroatoms. The SMILES string of the molecule is COc1cccc(OCCNC(=O)CCNc2ccccc2[N+](=O)[O-])c1. The summed E-state index contributed by atoms with van der Waals surface area (Å²) in [6.07, 6.45) is 0.200. The summed E-state index contributed by atoms with van der Waals surface area (Å²) in [6.45, 7) is 0.992. The van der Waals surface area contributed by atoms with Crippen molar-refractivity contribution >= 4 is 17.3 Å². The molecule has 0 atom stereocenters. The zero-order valence-electron chi connectivity index (χ0n) is 14.4. The molecule has 2 N–H and O–H groups in total. The van der Waals surface area contributed by atoms with Crippen molar-refractivity contribution < 1.29 is 19.2 Å². The maximum absolute atomic E-state index is 11.8. The van der Waals surface area contributed by atoms with Crippen LogP contribution in [-0.4, -0.2) is 37.6 Å². The Bertz CT molecular complexity index is 751. The van der Waals surface area contributed by atoms with E-state index in [0.29, 0.717) is 36.9 Å². The van der Waals surface area contributed by atoms with E-state index in [1.54, 1.807) is 37.4 Å². The number of anilines is 1. The van der Waals surface area contributed by atoms with E-state index in [2.05, 4.69) is 10.6 Å². The molecule has 8 nitrogen and oxygen atoms in total. The highest BCUT2D eigenvalue weighted by atomic mass is 16.6. The zero-order valence-corrected chi connectivity index (χ0v) is 14.4. The summed E-state index contributed by atoms with van der Waals surface area (Å²) in [4.78, 5) is 22.3. The van der Waals surface area contributed by atoms with Crippen LogP contribution in [0.4, 0.5) is 11.4 Å². The summed E-state index contributed by atoms with van der Waals surface area (Å²) >= 11 is 0. The molecule has 0 unspecified atom stereocenters. The van der Waals surface area contributed by atoms with Gasteiger partial charge < -0.3 is 20.1 Å². The summed E-state index contributed by atoms with van der Waals surface area (Å²) in [5, 5.41) is 16.6. The molecule has 0 saturated carbocycles. The number of nitrogens with one attached hydrogen (secondary N) is 2. The highest BCUT2D eigenvalue weighted by Crippen LogP contribution is 2.22. The predicted octanol–water partition coefficient (Wildman–Crippen LogP) is 2.60. The molecule has 0 aliphatic rings. The quantitative estimate of drug-likeness (QED) is 0.384. The number of carbonyl (C=O) groups is 1. The molecule has 2 aromatic carbocycles. The first-order valence-electron chi connectivity index (χ1n) is 8.11.